The van der Waals surface area contributed by atoms with Crippen LogP contribution in [0.15, 0.2) is 72.3 Å². The van der Waals surface area contributed by atoms with Crippen LogP contribution in [-0.2, 0) is 13.9 Å². The van der Waals surface area contributed by atoms with E-state index in [-0.39, 0.29) is 11.3 Å². The number of ether oxygens (including phenoxy) is 2. The number of hydrogen-bond acceptors (Lipinski definition) is 3. The van der Waals surface area contributed by atoms with Crippen LogP contribution in [0.4, 0.5) is 0 Å². The highest BCUT2D eigenvalue weighted by atomic mass is 28.4. The van der Waals surface area contributed by atoms with Gasteiger partial charge in [-0.3, -0.25) is 0 Å². The predicted molar refractivity (Wildman–Crippen MR) is 118 cm³/mol. The van der Waals surface area contributed by atoms with Crippen molar-refractivity contribution in [3.05, 3.63) is 72.3 Å². The molecular weight excluding hydrogens is 364 g/mol. The van der Waals surface area contributed by atoms with Crippen LogP contribution in [0.25, 0.3) is 0 Å². The van der Waals surface area contributed by atoms with E-state index in [1.165, 1.54) is 10.4 Å². The Hall–Kier alpha value is -1.72. The maximum absolute atomic E-state index is 6.95. The normalized spacial score (nSPS) is 16.5. The Morgan fingerprint density at radius 1 is 0.964 bits per heavy atom. The molecule has 0 N–H and O–H groups in total. The Labute approximate surface area is 170 Å². The van der Waals surface area contributed by atoms with E-state index in [0.29, 0.717) is 19.8 Å². The summed E-state index contributed by atoms with van der Waals surface area (Å²) in [7, 11) is -2.48. The molecule has 1 fully saturated rings. The first kappa shape index (κ1) is 21.0. The SMILES string of the molecule is C/C=C(\CCO[Si](c1ccccc1)(c1ccccc1)C(C)(C)C)C1OCCO1. The van der Waals surface area contributed by atoms with Crippen LogP contribution in [0.3, 0.4) is 0 Å². The Morgan fingerprint density at radius 3 is 1.89 bits per heavy atom. The van der Waals surface area contributed by atoms with Crippen molar-refractivity contribution in [3.8, 4) is 0 Å². The minimum absolute atomic E-state index is 0.00778. The van der Waals surface area contributed by atoms with Crippen LogP contribution in [-0.4, -0.2) is 34.4 Å². The lowest BCUT2D eigenvalue weighted by Crippen LogP contribution is -2.66. The van der Waals surface area contributed by atoms with E-state index in [0.717, 1.165) is 12.0 Å². The lowest BCUT2D eigenvalue weighted by Gasteiger charge is -2.43. The van der Waals surface area contributed by atoms with E-state index in [1.807, 2.05) is 6.92 Å². The highest BCUT2D eigenvalue weighted by molar-refractivity contribution is 6.99. The zero-order valence-electron chi connectivity index (χ0n) is 17.5. The molecular formula is C24H32O3Si. The van der Waals surface area contributed by atoms with Crippen molar-refractivity contribution < 1.29 is 13.9 Å². The molecule has 0 aromatic heterocycles. The first-order valence-corrected chi connectivity index (χ1v) is 12.0. The quantitative estimate of drug-likeness (QED) is 0.517. The summed E-state index contributed by atoms with van der Waals surface area (Å²) in [6, 6.07) is 21.5. The van der Waals surface area contributed by atoms with Crippen LogP contribution in [0.5, 0.6) is 0 Å². The van der Waals surface area contributed by atoms with Gasteiger partial charge >= 0.3 is 0 Å². The monoisotopic (exact) mass is 396 g/mol. The second-order valence-corrected chi connectivity index (χ2v) is 12.5. The Kier molecular flexibility index (Phi) is 6.89. The molecule has 150 valence electrons. The second-order valence-electron chi connectivity index (χ2n) is 8.20. The van der Waals surface area contributed by atoms with Gasteiger partial charge in [0.15, 0.2) is 6.29 Å². The molecule has 0 bridgehead atoms. The number of allylic oxidation sites excluding steroid dienone is 1. The second kappa shape index (κ2) is 9.18. The predicted octanol–water partition coefficient (Wildman–Crippen LogP) is 4.27. The van der Waals surface area contributed by atoms with Gasteiger partial charge in [0.2, 0.25) is 0 Å². The molecule has 0 radical (unpaired) electrons. The molecule has 3 rings (SSSR count). The van der Waals surface area contributed by atoms with Crippen molar-refractivity contribution in [2.24, 2.45) is 0 Å². The first-order chi connectivity index (χ1) is 13.5. The fourth-order valence-corrected chi connectivity index (χ4v) is 8.62. The molecule has 4 heteroatoms. The van der Waals surface area contributed by atoms with Crippen LogP contribution in [0.2, 0.25) is 5.04 Å². The van der Waals surface area contributed by atoms with E-state index in [2.05, 4.69) is 87.5 Å². The lowest BCUT2D eigenvalue weighted by molar-refractivity contribution is -0.0146. The van der Waals surface area contributed by atoms with E-state index < -0.39 is 8.32 Å². The highest BCUT2D eigenvalue weighted by Gasteiger charge is 2.50. The van der Waals surface area contributed by atoms with Gasteiger partial charge in [0.1, 0.15) is 0 Å². The molecule has 1 saturated heterocycles. The van der Waals surface area contributed by atoms with Crippen molar-refractivity contribution >= 4 is 18.7 Å². The summed E-state index contributed by atoms with van der Waals surface area (Å²) in [5, 5.41) is 2.61. The number of hydrogen-bond donors (Lipinski definition) is 0. The van der Waals surface area contributed by atoms with Gasteiger partial charge in [-0.2, -0.15) is 0 Å². The van der Waals surface area contributed by atoms with Crippen molar-refractivity contribution in [2.75, 3.05) is 19.8 Å². The molecule has 0 amide bonds. The minimum Gasteiger partial charge on any atom is -0.407 e. The van der Waals surface area contributed by atoms with Crippen LogP contribution in [0.1, 0.15) is 34.1 Å². The minimum atomic E-state index is -2.48. The summed E-state index contributed by atoms with van der Waals surface area (Å²) in [6.45, 7) is 10.9. The molecule has 0 saturated carbocycles. The Bertz CT molecular complexity index is 720. The zero-order valence-corrected chi connectivity index (χ0v) is 18.5. The zero-order chi connectivity index (χ0) is 20.0. The molecule has 0 spiro atoms. The molecule has 1 aliphatic rings. The molecule has 0 aliphatic carbocycles. The third-order valence-electron chi connectivity index (χ3n) is 5.42. The van der Waals surface area contributed by atoms with E-state index >= 15 is 0 Å². The van der Waals surface area contributed by atoms with Gasteiger partial charge < -0.3 is 13.9 Å². The maximum atomic E-state index is 6.95. The standard InChI is InChI=1S/C24H32O3Si/c1-5-20(23-25-18-19-26-23)16-17-27-28(24(2,3)4,21-12-8-6-9-13-21)22-14-10-7-11-15-22/h5-15,23H,16-19H2,1-4H3/b20-5+. The van der Waals surface area contributed by atoms with Gasteiger partial charge in [0.25, 0.3) is 8.32 Å². The summed E-state index contributed by atoms with van der Waals surface area (Å²) in [6.07, 6.45) is 2.70. The third kappa shape index (κ3) is 4.30. The summed E-state index contributed by atoms with van der Waals surface area (Å²) in [5.74, 6) is 0. The Morgan fingerprint density at radius 2 is 1.46 bits per heavy atom. The Balaban J connectivity index is 1.92. The van der Waals surface area contributed by atoms with Gasteiger partial charge in [-0.15, -0.1) is 0 Å². The van der Waals surface area contributed by atoms with Crippen molar-refractivity contribution in [3.63, 3.8) is 0 Å². The van der Waals surface area contributed by atoms with Crippen LogP contribution in [0, 0.1) is 0 Å². The fraction of sp³-hybridized carbons (Fsp3) is 0.417. The third-order valence-corrected chi connectivity index (χ3v) is 10.5. The van der Waals surface area contributed by atoms with E-state index in [4.69, 9.17) is 13.9 Å². The summed E-state index contributed by atoms with van der Waals surface area (Å²) in [5.41, 5.74) is 1.16. The van der Waals surface area contributed by atoms with Gasteiger partial charge in [-0.1, -0.05) is 87.5 Å². The molecule has 28 heavy (non-hydrogen) atoms. The molecule has 2 aromatic rings. The average Bonchev–Trinajstić information content (AvgIpc) is 3.23. The lowest BCUT2D eigenvalue weighted by atomic mass is 10.2. The van der Waals surface area contributed by atoms with Gasteiger partial charge in [0.05, 0.1) is 13.2 Å². The average molecular weight is 397 g/mol. The first-order valence-electron chi connectivity index (χ1n) is 10.1. The molecule has 2 aromatic carbocycles. The summed E-state index contributed by atoms with van der Waals surface area (Å²) in [4.78, 5) is 0. The summed E-state index contributed by atoms with van der Waals surface area (Å²) < 4.78 is 18.3. The van der Waals surface area contributed by atoms with Crippen LogP contribution >= 0.6 is 0 Å². The van der Waals surface area contributed by atoms with Crippen LogP contribution < -0.4 is 10.4 Å². The van der Waals surface area contributed by atoms with Gasteiger partial charge in [0, 0.05) is 6.61 Å². The molecule has 0 unspecified atom stereocenters. The molecule has 3 nitrogen and oxygen atoms in total. The van der Waals surface area contributed by atoms with E-state index in [1.54, 1.807) is 0 Å². The van der Waals surface area contributed by atoms with Gasteiger partial charge in [-0.25, -0.2) is 0 Å². The topological polar surface area (TPSA) is 27.7 Å². The smallest absolute Gasteiger partial charge is 0.261 e. The van der Waals surface area contributed by atoms with E-state index in [9.17, 15) is 0 Å². The highest BCUT2D eigenvalue weighted by Crippen LogP contribution is 2.37. The number of rotatable bonds is 7. The summed E-state index contributed by atoms with van der Waals surface area (Å²) >= 11 is 0. The van der Waals surface area contributed by atoms with Crippen molar-refractivity contribution in [1.29, 1.82) is 0 Å². The number of benzene rings is 2. The fourth-order valence-electron chi connectivity index (χ4n) is 4.05. The largest absolute Gasteiger partial charge is 0.407 e. The molecule has 1 aliphatic heterocycles. The maximum Gasteiger partial charge on any atom is 0.261 e. The van der Waals surface area contributed by atoms with Crippen molar-refractivity contribution in [1.82, 2.24) is 0 Å². The van der Waals surface area contributed by atoms with Gasteiger partial charge in [-0.05, 0) is 34.3 Å². The molecule has 0 atom stereocenters. The van der Waals surface area contributed by atoms with Crippen molar-refractivity contribution in [2.45, 2.75) is 45.4 Å². The molecule has 1 heterocycles.